The molecular weight excluding hydrogens is 312 g/mol. The minimum atomic E-state index is 0.748. The van der Waals surface area contributed by atoms with Crippen LogP contribution in [-0.4, -0.2) is 0 Å². The van der Waals surface area contributed by atoms with Crippen LogP contribution in [0.15, 0.2) is 78.9 Å². The van der Waals surface area contributed by atoms with Crippen molar-refractivity contribution in [2.45, 2.75) is 6.92 Å². The second-order valence-electron chi connectivity index (χ2n) is 6.02. The smallest absolute Gasteiger partial charge is 0.0406 e. The van der Waals surface area contributed by atoms with E-state index in [0.29, 0.717) is 0 Å². The van der Waals surface area contributed by atoms with Gasteiger partial charge in [0.05, 0.1) is 0 Å². The SMILES string of the molecule is Cc1ccc(-c2[c]c(-c3ccc(Cl)cc3)c3ccccc3c2)cc1. The van der Waals surface area contributed by atoms with Crippen LogP contribution in [0.4, 0.5) is 0 Å². The molecule has 0 unspecified atom stereocenters. The minimum absolute atomic E-state index is 0.748. The quantitative estimate of drug-likeness (QED) is 0.374. The molecule has 1 heteroatoms. The molecule has 0 aromatic heterocycles. The maximum Gasteiger partial charge on any atom is 0.0406 e. The summed E-state index contributed by atoms with van der Waals surface area (Å²) in [4.78, 5) is 0. The molecule has 0 saturated heterocycles. The third kappa shape index (κ3) is 2.81. The molecule has 24 heavy (non-hydrogen) atoms. The molecule has 4 aromatic rings. The van der Waals surface area contributed by atoms with Crippen LogP contribution in [0.25, 0.3) is 33.0 Å². The van der Waals surface area contributed by atoms with Crippen LogP contribution in [0.5, 0.6) is 0 Å². The summed E-state index contributed by atoms with van der Waals surface area (Å²) in [5, 5.41) is 3.17. The van der Waals surface area contributed by atoms with Crippen molar-refractivity contribution < 1.29 is 0 Å². The fraction of sp³-hybridized carbons (Fsp3) is 0.0435. The molecule has 0 atom stereocenters. The molecule has 0 nitrogen and oxygen atoms in total. The van der Waals surface area contributed by atoms with Crippen molar-refractivity contribution >= 4 is 22.4 Å². The predicted molar refractivity (Wildman–Crippen MR) is 103 cm³/mol. The minimum Gasteiger partial charge on any atom is -0.0843 e. The highest BCUT2D eigenvalue weighted by Crippen LogP contribution is 2.34. The monoisotopic (exact) mass is 327 g/mol. The van der Waals surface area contributed by atoms with Crippen LogP contribution in [0.1, 0.15) is 5.56 Å². The zero-order valence-electron chi connectivity index (χ0n) is 13.4. The van der Waals surface area contributed by atoms with Crippen molar-refractivity contribution in [3.8, 4) is 22.3 Å². The largest absolute Gasteiger partial charge is 0.0843 e. The van der Waals surface area contributed by atoms with E-state index in [-0.39, 0.29) is 0 Å². The summed E-state index contributed by atoms with van der Waals surface area (Å²) in [6, 6.07) is 30.8. The Bertz CT molecular complexity index is 996. The molecule has 0 bridgehead atoms. The Morgan fingerprint density at radius 3 is 2.17 bits per heavy atom. The lowest BCUT2D eigenvalue weighted by Crippen LogP contribution is -1.86. The van der Waals surface area contributed by atoms with E-state index in [1.54, 1.807) is 0 Å². The van der Waals surface area contributed by atoms with Gasteiger partial charge in [-0.1, -0.05) is 77.8 Å². The number of aryl methyl sites for hydroxylation is 1. The first kappa shape index (κ1) is 15.0. The van der Waals surface area contributed by atoms with Crippen LogP contribution in [-0.2, 0) is 0 Å². The highest BCUT2D eigenvalue weighted by Gasteiger charge is 2.08. The van der Waals surface area contributed by atoms with Gasteiger partial charge in [0.2, 0.25) is 0 Å². The van der Waals surface area contributed by atoms with E-state index in [0.717, 1.165) is 21.7 Å². The molecular formula is C23H16Cl. The zero-order valence-corrected chi connectivity index (χ0v) is 14.1. The van der Waals surface area contributed by atoms with E-state index in [1.807, 2.05) is 12.1 Å². The van der Waals surface area contributed by atoms with Gasteiger partial charge in [0.25, 0.3) is 0 Å². The molecule has 0 fully saturated rings. The van der Waals surface area contributed by atoms with Gasteiger partial charge in [-0.3, -0.25) is 0 Å². The molecule has 115 valence electrons. The van der Waals surface area contributed by atoms with Gasteiger partial charge in [-0.15, -0.1) is 0 Å². The number of halogens is 1. The Hall–Kier alpha value is -2.57. The molecule has 0 heterocycles. The maximum atomic E-state index is 6.05. The lowest BCUT2D eigenvalue weighted by atomic mass is 9.93. The first-order valence-electron chi connectivity index (χ1n) is 7.99. The van der Waals surface area contributed by atoms with Gasteiger partial charge in [-0.05, 0) is 64.2 Å². The zero-order chi connectivity index (χ0) is 16.5. The van der Waals surface area contributed by atoms with Crippen molar-refractivity contribution in [2.75, 3.05) is 0 Å². The van der Waals surface area contributed by atoms with Crippen LogP contribution >= 0.6 is 11.6 Å². The Kier molecular flexibility index (Phi) is 3.84. The summed E-state index contributed by atoms with van der Waals surface area (Å²) >= 11 is 6.05. The van der Waals surface area contributed by atoms with Crippen LogP contribution < -0.4 is 0 Å². The van der Waals surface area contributed by atoms with Gasteiger partial charge < -0.3 is 0 Å². The lowest BCUT2D eigenvalue weighted by molar-refractivity contribution is 1.47. The molecule has 1 radical (unpaired) electrons. The number of benzene rings is 4. The summed E-state index contributed by atoms with van der Waals surface area (Å²) in [6.45, 7) is 2.10. The second-order valence-corrected chi connectivity index (χ2v) is 6.45. The first-order valence-corrected chi connectivity index (χ1v) is 8.36. The lowest BCUT2D eigenvalue weighted by Gasteiger charge is -2.11. The molecule has 0 aliphatic rings. The van der Waals surface area contributed by atoms with Crippen molar-refractivity contribution in [1.82, 2.24) is 0 Å². The average molecular weight is 328 g/mol. The van der Waals surface area contributed by atoms with E-state index in [4.69, 9.17) is 11.6 Å². The fourth-order valence-electron chi connectivity index (χ4n) is 2.98. The Labute approximate surface area is 147 Å². The number of rotatable bonds is 2. The molecule has 0 amide bonds. The summed E-state index contributed by atoms with van der Waals surface area (Å²) in [5.41, 5.74) is 5.79. The third-order valence-corrected chi connectivity index (χ3v) is 4.54. The van der Waals surface area contributed by atoms with E-state index in [9.17, 15) is 0 Å². The molecule has 0 saturated carbocycles. The van der Waals surface area contributed by atoms with Crippen molar-refractivity contribution in [3.63, 3.8) is 0 Å². The fourth-order valence-corrected chi connectivity index (χ4v) is 3.10. The third-order valence-electron chi connectivity index (χ3n) is 4.29. The molecule has 0 spiro atoms. The standard InChI is InChI=1S/C23H16Cl/c1-16-6-8-17(9-7-16)20-14-19-4-2-3-5-22(19)23(15-20)18-10-12-21(24)13-11-18/h2-14H,1H3. The van der Waals surface area contributed by atoms with E-state index in [2.05, 4.69) is 79.7 Å². The second kappa shape index (κ2) is 6.14. The van der Waals surface area contributed by atoms with Gasteiger partial charge in [-0.25, -0.2) is 0 Å². The molecule has 4 rings (SSSR count). The molecule has 0 N–H and O–H groups in total. The van der Waals surface area contributed by atoms with Crippen LogP contribution in [0.3, 0.4) is 0 Å². The predicted octanol–water partition coefficient (Wildman–Crippen LogP) is 6.94. The van der Waals surface area contributed by atoms with Gasteiger partial charge in [-0.2, -0.15) is 0 Å². The Morgan fingerprint density at radius 1 is 0.750 bits per heavy atom. The highest BCUT2D eigenvalue weighted by atomic mass is 35.5. The summed E-state index contributed by atoms with van der Waals surface area (Å²) in [5.74, 6) is 0. The molecule has 0 aliphatic carbocycles. The van der Waals surface area contributed by atoms with E-state index >= 15 is 0 Å². The highest BCUT2D eigenvalue weighted by molar-refractivity contribution is 6.30. The van der Waals surface area contributed by atoms with Crippen LogP contribution in [0, 0.1) is 13.0 Å². The summed E-state index contributed by atoms with van der Waals surface area (Å²) in [6.07, 6.45) is 0. The van der Waals surface area contributed by atoms with Crippen LogP contribution in [0.2, 0.25) is 5.02 Å². The average Bonchev–Trinajstić information content (AvgIpc) is 2.62. The van der Waals surface area contributed by atoms with E-state index in [1.165, 1.54) is 21.9 Å². The number of hydrogen-bond donors (Lipinski definition) is 0. The normalized spacial score (nSPS) is 10.9. The number of fused-ring (bicyclic) bond motifs is 1. The maximum absolute atomic E-state index is 6.05. The Balaban J connectivity index is 1.97. The van der Waals surface area contributed by atoms with Crippen molar-refractivity contribution in [1.29, 1.82) is 0 Å². The summed E-state index contributed by atoms with van der Waals surface area (Å²) < 4.78 is 0. The Morgan fingerprint density at radius 2 is 1.42 bits per heavy atom. The van der Waals surface area contributed by atoms with Gasteiger partial charge in [0.1, 0.15) is 0 Å². The van der Waals surface area contributed by atoms with Gasteiger partial charge in [0, 0.05) is 5.02 Å². The molecule has 0 aliphatic heterocycles. The van der Waals surface area contributed by atoms with Gasteiger partial charge in [0.15, 0.2) is 0 Å². The first-order chi connectivity index (χ1) is 11.7. The van der Waals surface area contributed by atoms with Crippen molar-refractivity contribution in [3.05, 3.63) is 95.5 Å². The van der Waals surface area contributed by atoms with Crippen molar-refractivity contribution in [2.24, 2.45) is 0 Å². The number of hydrogen-bond acceptors (Lipinski definition) is 0. The molecule has 4 aromatic carbocycles. The van der Waals surface area contributed by atoms with Gasteiger partial charge >= 0.3 is 0 Å². The van der Waals surface area contributed by atoms with E-state index < -0.39 is 0 Å². The topological polar surface area (TPSA) is 0 Å². The summed E-state index contributed by atoms with van der Waals surface area (Å²) in [7, 11) is 0.